The van der Waals surface area contributed by atoms with Gasteiger partial charge in [-0.2, -0.15) is 0 Å². The van der Waals surface area contributed by atoms with E-state index in [0.29, 0.717) is 5.69 Å². The first-order valence-electron chi connectivity index (χ1n) is 8.65. The summed E-state index contributed by atoms with van der Waals surface area (Å²) in [6.07, 6.45) is 0. The van der Waals surface area contributed by atoms with Crippen molar-refractivity contribution >= 4 is 17.3 Å². The molecule has 1 atom stereocenters. The first-order valence-corrected chi connectivity index (χ1v) is 8.65. The summed E-state index contributed by atoms with van der Waals surface area (Å²) < 4.78 is 12.9. The van der Waals surface area contributed by atoms with Crippen LogP contribution in [0.5, 0.6) is 0 Å². The third-order valence-corrected chi connectivity index (χ3v) is 4.75. The normalized spacial score (nSPS) is 16.5. The second-order valence-corrected chi connectivity index (χ2v) is 6.53. The number of carbonyl (C=O) groups excluding carboxylic acids is 1. The number of carbonyl (C=O) groups is 1. The minimum atomic E-state index is -0.307. The van der Waals surface area contributed by atoms with Gasteiger partial charge < -0.3 is 10.2 Å². The molecule has 0 saturated carbocycles. The van der Waals surface area contributed by atoms with Crippen molar-refractivity contribution in [2.75, 3.05) is 36.4 Å². The topological polar surface area (TPSA) is 35.6 Å². The van der Waals surface area contributed by atoms with Crippen molar-refractivity contribution in [2.45, 2.75) is 19.9 Å². The number of piperazine rings is 1. The van der Waals surface area contributed by atoms with Crippen molar-refractivity contribution < 1.29 is 9.18 Å². The van der Waals surface area contributed by atoms with E-state index < -0.39 is 0 Å². The lowest BCUT2D eigenvalue weighted by atomic mass is 10.1. The van der Waals surface area contributed by atoms with Crippen LogP contribution >= 0.6 is 0 Å². The summed E-state index contributed by atoms with van der Waals surface area (Å²) >= 11 is 0. The fourth-order valence-corrected chi connectivity index (χ4v) is 3.07. The SMILES string of the molecule is Cc1ccc(N2CCN([C@@H](C)C(=O)Nc3ccc(F)cc3)CC2)cc1. The molecule has 3 rings (SSSR count). The predicted octanol–water partition coefficient (Wildman–Crippen LogP) is 3.28. The second-order valence-electron chi connectivity index (χ2n) is 6.53. The van der Waals surface area contributed by atoms with Crippen LogP contribution in [0.2, 0.25) is 0 Å². The van der Waals surface area contributed by atoms with Gasteiger partial charge in [0, 0.05) is 37.6 Å². The Kier molecular flexibility index (Phi) is 5.34. The van der Waals surface area contributed by atoms with Gasteiger partial charge in [-0.3, -0.25) is 9.69 Å². The lowest BCUT2D eigenvalue weighted by Gasteiger charge is -2.38. The second kappa shape index (κ2) is 7.66. The number of hydrogen-bond donors (Lipinski definition) is 1. The van der Waals surface area contributed by atoms with Gasteiger partial charge in [0.1, 0.15) is 5.82 Å². The third-order valence-electron chi connectivity index (χ3n) is 4.75. The molecule has 1 amide bonds. The summed E-state index contributed by atoms with van der Waals surface area (Å²) in [4.78, 5) is 17.0. The number of anilines is 2. The first kappa shape index (κ1) is 17.4. The first-order chi connectivity index (χ1) is 12.0. The number of nitrogens with zero attached hydrogens (tertiary/aromatic N) is 2. The monoisotopic (exact) mass is 341 g/mol. The van der Waals surface area contributed by atoms with Gasteiger partial charge in [-0.25, -0.2) is 4.39 Å². The van der Waals surface area contributed by atoms with Gasteiger partial charge in [0.05, 0.1) is 6.04 Å². The van der Waals surface area contributed by atoms with E-state index in [1.807, 2.05) is 6.92 Å². The molecule has 1 heterocycles. The molecule has 2 aromatic rings. The van der Waals surface area contributed by atoms with Gasteiger partial charge in [0.25, 0.3) is 0 Å². The molecule has 1 saturated heterocycles. The summed E-state index contributed by atoms with van der Waals surface area (Å²) in [5, 5.41) is 2.85. The Morgan fingerprint density at radius 1 is 1.00 bits per heavy atom. The van der Waals surface area contributed by atoms with Crippen LogP contribution in [-0.4, -0.2) is 43.0 Å². The van der Waals surface area contributed by atoms with E-state index in [1.54, 1.807) is 12.1 Å². The van der Waals surface area contributed by atoms with Crippen molar-refractivity contribution in [3.05, 3.63) is 59.9 Å². The summed E-state index contributed by atoms with van der Waals surface area (Å²) in [6.45, 7) is 7.48. The molecule has 0 radical (unpaired) electrons. The van der Waals surface area contributed by atoms with E-state index in [2.05, 4.69) is 46.3 Å². The molecule has 4 nitrogen and oxygen atoms in total. The highest BCUT2D eigenvalue weighted by atomic mass is 19.1. The van der Waals surface area contributed by atoms with Gasteiger partial charge in [-0.15, -0.1) is 0 Å². The number of rotatable bonds is 4. The van der Waals surface area contributed by atoms with Gasteiger partial charge in [-0.05, 0) is 50.2 Å². The third kappa shape index (κ3) is 4.37. The average Bonchev–Trinajstić information content (AvgIpc) is 2.64. The fraction of sp³-hybridized carbons (Fsp3) is 0.350. The maximum atomic E-state index is 12.9. The highest BCUT2D eigenvalue weighted by molar-refractivity contribution is 5.94. The zero-order valence-corrected chi connectivity index (χ0v) is 14.7. The molecule has 0 aliphatic carbocycles. The molecule has 25 heavy (non-hydrogen) atoms. The van der Waals surface area contributed by atoms with Crippen LogP contribution in [0, 0.1) is 12.7 Å². The van der Waals surface area contributed by atoms with Gasteiger partial charge >= 0.3 is 0 Å². The van der Waals surface area contributed by atoms with E-state index in [4.69, 9.17) is 0 Å². The molecule has 1 aliphatic rings. The Bertz CT molecular complexity index is 707. The Morgan fingerprint density at radius 2 is 1.60 bits per heavy atom. The quantitative estimate of drug-likeness (QED) is 0.927. The number of amides is 1. The minimum absolute atomic E-state index is 0.0598. The van der Waals surface area contributed by atoms with Crippen molar-refractivity contribution in [3.63, 3.8) is 0 Å². The number of halogens is 1. The van der Waals surface area contributed by atoms with Crippen LogP contribution in [0.15, 0.2) is 48.5 Å². The van der Waals surface area contributed by atoms with Crippen LogP contribution in [0.1, 0.15) is 12.5 Å². The molecule has 0 bridgehead atoms. The predicted molar refractivity (Wildman–Crippen MR) is 99.5 cm³/mol. The molecule has 1 aliphatic heterocycles. The molecule has 0 aromatic heterocycles. The van der Waals surface area contributed by atoms with E-state index >= 15 is 0 Å². The van der Waals surface area contributed by atoms with E-state index in [0.717, 1.165) is 26.2 Å². The molecule has 132 valence electrons. The van der Waals surface area contributed by atoms with E-state index in [-0.39, 0.29) is 17.8 Å². The minimum Gasteiger partial charge on any atom is -0.369 e. The zero-order chi connectivity index (χ0) is 17.8. The number of aryl methyl sites for hydroxylation is 1. The summed E-state index contributed by atoms with van der Waals surface area (Å²) in [7, 11) is 0. The van der Waals surface area contributed by atoms with Crippen LogP contribution in [-0.2, 0) is 4.79 Å². The smallest absolute Gasteiger partial charge is 0.241 e. The van der Waals surface area contributed by atoms with Crippen LogP contribution in [0.3, 0.4) is 0 Å². The number of hydrogen-bond acceptors (Lipinski definition) is 3. The Morgan fingerprint density at radius 3 is 2.20 bits per heavy atom. The fourth-order valence-electron chi connectivity index (χ4n) is 3.07. The van der Waals surface area contributed by atoms with Crippen LogP contribution in [0.25, 0.3) is 0 Å². The van der Waals surface area contributed by atoms with Crippen molar-refractivity contribution in [2.24, 2.45) is 0 Å². The largest absolute Gasteiger partial charge is 0.369 e. The van der Waals surface area contributed by atoms with Crippen molar-refractivity contribution in [1.29, 1.82) is 0 Å². The molecular formula is C20H24FN3O. The lowest BCUT2D eigenvalue weighted by molar-refractivity contribution is -0.120. The van der Waals surface area contributed by atoms with Gasteiger partial charge in [0.2, 0.25) is 5.91 Å². The van der Waals surface area contributed by atoms with E-state index in [9.17, 15) is 9.18 Å². The molecule has 0 spiro atoms. The molecule has 2 aromatic carbocycles. The Labute approximate surface area is 148 Å². The molecule has 0 unspecified atom stereocenters. The maximum Gasteiger partial charge on any atom is 0.241 e. The van der Waals surface area contributed by atoms with Crippen molar-refractivity contribution in [1.82, 2.24) is 4.90 Å². The lowest BCUT2D eigenvalue weighted by Crippen LogP contribution is -2.52. The average molecular weight is 341 g/mol. The molecule has 1 fully saturated rings. The van der Waals surface area contributed by atoms with Gasteiger partial charge in [-0.1, -0.05) is 17.7 Å². The molecule has 5 heteroatoms. The summed E-state index contributed by atoms with van der Waals surface area (Å²) in [5.41, 5.74) is 3.11. The number of benzene rings is 2. The number of nitrogens with one attached hydrogen (secondary N) is 1. The Hall–Kier alpha value is -2.40. The molecular weight excluding hydrogens is 317 g/mol. The van der Waals surface area contributed by atoms with Gasteiger partial charge in [0.15, 0.2) is 0 Å². The highest BCUT2D eigenvalue weighted by Crippen LogP contribution is 2.18. The zero-order valence-electron chi connectivity index (χ0n) is 14.7. The molecule has 1 N–H and O–H groups in total. The summed E-state index contributed by atoms with van der Waals surface area (Å²) in [5.74, 6) is -0.367. The van der Waals surface area contributed by atoms with Crippen molar-refractivity contribution in [3.8, 4) is 0 Å². The van der Waals surface area contributed by atoms with Crippen LogP contribution < -0.4 is 10.2 Å². The van der Waals surface area contributed by atoms with E-state index in [1.165, 1.54) is 23.4 Å². The Balaban J connectivity index is 1.53. The standard InChI is InChI=1S/C20H24FN3O/c1-15-3-9-19(10-4-15)24-13-11-23(12-14-24)16(2)20(25)22-18-7-5-17(21)6-8-18/h3-10,16H,11-14H2,1-2H3,(H,22,25)/t16-/m0/s1. The summed E-state index contributed by atoms with van der Waals surface area (Å²) in [6, 6.07) is 14.2. The maximum absolute atomic E-state index is 12.9. The highest BCUT2D eigenvalue weighted by Gasteiger charge is 2.25. The van der Waals surface area contributed by atoms with Crippen LogP contribution in [0.4, 0.5) is 15.8 Å².